The molecule has 0 bridgehead atoms. The molecule has 0 heterocycles. The van der Waals surface area contributed by atoms with Crippen LogP contribution in [0.15, 0.2) is 5.11 Å². The summed E-state index contributed by atoms with van der Waals surface area (Å²) in [6.07, 6.45) is 0. The molecule has 0 radical (unpaired) electrons. The first-order chi connectivity index (χ1) is 5.09. The molecule has 0 rings (SSSR count). The van der Waals surface area contributed by atoms with Gasteiger partial charge in [0.1, 0.15) is 6.04 Å². The van der Waals surface area contributed by atoms with Crippen LogP contribution in [0.3, 0.4) is 0 Å². The Hall–Kier alpha value is -0.910. The van der Waals surface area contributed by atoms with Gasteiger partial charge in [-0.05, 0) is 12.5 Å². The molecule has 1 N–H and O–H groups in total. The Bertz CT molecular complexity index is 203. The first-order valence-electron chi connectivity index (χ1n) is 2.35. The van der Waals surface area contributed by atoms with Crippen molar-refractivity contribution in [3.8, 4) is 0 Å². The second-order valence-electron chi connectivity index (χ2n) is 1.31. The Balaban J connectivity index is -0.000000177. The Kier molecular flexibility index (Phi) is 18.3. The molecule has 0 aliphatic carbocycles. The number of azide groups is 1. The smallest absolute Gasteiger partial charge is 0.481 e. The molecule has 9 heteroatoms. The number of nitrogens with zero attached hydrogens (tertiary/aromatic N) is 6. The minimum Gasteiger partial charge on any atom is -0.481 e. The van der Waals surface area contributed by atoms with Crippen LogP contribution in [0, 0.1) is 0 Å². The van der Waals surface area contributed by atoms with Gasteiger partial charge in [0.15, 0.2) is 0 Å². The van der Waals surface area contributed by atoms with Crippen molar-refractivity contribution in [1.29, 1.82) is 0 Å². The van der Waals surface area contributed by atoms with E-state index >= 15 is 0 Å². The maximum absolute atomic E-state index is 9.82. The van der Waals surface area contributed by atoms with E-state index in [1.165, 1.54) is 11.8 Å². The summed E-state index contributed by atoms with van der Waals surface area (Å²) in [5.74, 6) is -1.11. The quantitative estimate of drug-likeness (QED) is 0.242. The fourth-order valence-electron chi connectivity index (χ4n) is 0.127. The van der Waals surface area contributed by atoms with E-state index in [4.69, 9.17) is 21.7 Å². The summed E-state index contributed by atoms with van der Waals surface area (Å²) >= 11 is 0. The van der Waals surface area contributed by atoms with Crippen molar-refractivity contribution in [3.05, 3.63) is 26.4 Å². The van der Waals surface area contributed by atoms with Crippen molar-refractivity contribution in [2.45, 2.75) is 13.0 Å². The van der Waals surface area contributed by atoms with Gasteiger partial charge in [0.05, 0.1) is 0 Å². The van der Waals surface area contributed by atoms with Gasteiger partial charge in [-0.15, -0.1) is 0 Å². The summed E-state index contributed by atoms with van der Waals surface area (Å²) < 4.78 is 0. The Morgan fingerprint density at radius 1 is 1.50 bits per heavy atom. The molecule has 0 saturated heterocycles. The van der Waals surface area contributed by atoms with E-state index in [1.807, 2.05) is 0 Å². The molecule has 0 spiro atoms. The van der Waals surface area contributed by atoms with Crippen LogP contribution in [0.4, 0.5) is 0 Å². The van der Waals surface area contributed by atoms with Crippen LogP contribution in [-0.2, 0) is 4.79 Å². The third-order valence-corrected chi connectivity index (χ3v) is 0.582. The average Bonchev–Trinajstić information content (AvgIpc) is 1.90. The third kappa shape index (κ3) is 16.0. The van der Waals surface area contributed by atoms with Crippen molar-refractivity contribution in [2.24, 2.45) is 5.11 Å². The van der Waals surface area contributed by atoms with E-state index in [0.29, 0.717) is 0 Å². The second-order valence-corrected chi connectivity index (χ2v) is 1.31. The molecule has 0 aromatic carbocycles. The zero-order valence-corrected chi connectivity index (χ0v) is 8.62. The molecule has 0 aromatic heterocycles. The van der Waals surface area contributed by atoms with E-state index in [-0.39, 0.29) is 29.6 Å². The van der Waals surface area contributed by atoms with E-state index in [1.54, 1.807) is 0 Å². The largest absolute Gasteiger partial charge is 1.00 e. The second kappa shape index (κ2) is 12.7. The van der Waals surface area contributed by atoms with Gasteiger partial charge in [-0.25, -0.2) is 0 Å². The van der Waals surface area contributed by atoms with Gasteiger partial charge < -0.3 is 16.2 Å². The number of carboxylic acids is 1. The number of carbonyl (C=O) groups is 1. The molecule has 0 saturated carbocycles. The Morgan fingerprint density at radius 2 is 1.83 bits per heavy atom. The first kappa shape index (κ1) is 17.3. The fourth-order valence-corrected chi connectivity index (χ4v) is 0.127. The molecular formula is C3H5N6NaO2. The number of carboxylic acid groups (broad SMARTS) is 1. The van der Waals surface area contributed by atoms with E-state index in [2.05, 4.69) is 10.0 Å². The molecule has 60 valence electrons. The normalized spacial score (nSPS) is 8.42. The number of hydrogen-bond donors (Lipinski definition) is 1. The maximum atomic E-state index is 9.82. The molecule has 0 amide bonds. The monoisotopic (exact) mass is 180 g/mol. The molecular weight excluding hydrogens is 175 g/mol. The molecule has 0 aliphatic heterocycles. The summed E-state index contributed by atoms with van der Waals surface area (Å²) in [7, 11) is 0. The van der Waals surface area contributed by atoms with Crippen molar-refractivity contribution in [3.63, 3.8) is 0 Å². The summed E-state index contributed by atoms with van der Waals surface area (Å²) in [6, 6.07) is -0.958. The summed E-state index contributed by atoms with van der Waals surface area (Å²) in [5, 5.41) is 11.0. The minimum atomic E-state index is -1.11. The maximum Gasteiger partial charge on any atom is 1.00 e. The van der Waals surface area contributed by atoms with Gasteiger partial charge in [-0.2, -0.15) is 0 Å². The van der Waals surface area contributed by atoms with Crippen molar-refractivity contribution in [1.82, 2.24) is 0 Å². The van der Waals surface area contributed by atoms with E-state index < -0.39 is 12.0 Å². The van der Waals surface area contributed by atoms with Crippen molar-refractivity contribution >= 4 is 5.97 Å². The molecule has 1 atom stereocenters. The molecule has 12 heavy (non-hydrogen) atoms. The van der Waals surface area contributed by atoms with Crippen molar-refractivity contribution in [2.75, 3.05) is 0 Å². The van der Waals surface area contributed by atoms with Crippen LogP contribution in [0.1, 0.15) is 6.92 Å². The SMILES string of the molecule is C[C@@H](N=[N+]=[N-])C(=O)O.[N-]=[N+]=[N-].[Na+]. The zero-order valence-electron chi connectivity index (χ0n) is 6.62. The third-order valence-electron chi connectivity index (χ3n) is 0.582. The summed E-state index contributed by atoms with van der Waals surface area (Å²) in [6.45, 7) is 1.31. The van der Waals surface area contributed by atoms with Crippen LogP contribution >= 0.6 is 0 Å². The summed E-state index contributed by atoms with van der Waals surface area (Å²) in [4.78, 5) is 13.6. The van der Waals surface area contributed by atoms with Crippen molar-refractivity contribution < 1.29 is 39.5 Å². The standard InChI is InChI=1S/C3H5N3O2.N3.Na/c1-2(3(7)8)5-6-4;1-3-2;/h2H,1H3,(H,7,8);;/q;-1;+1/t2-;;/m1../s1. The number of rotatable bonds is 2. The van der Waals surface area contributed by atoms with Gasteiger partial charge in [0.2, 0.25) is 0 Å². The van der Waals surface area contributed by atoms with Gasteiger partial charge >= 0.3 is 35.5 Å². The Morgan fingerprint density at radius 3 is 1.92 bits per heavy atom. The van der Waals surface area contributed by atoms with E-state index in [0.717, 1.165) is 0 Å². The number of hydrogen-bond acceptors (Lipinski definition) is 2. The van der Waals surface area contributed by atoms with Crippen LogP contribution in [0.2, 0.25) is 0 Å². The molecule has 0 unspecified atom stereocenters. The number of aliphatic carboxylic acids is 1. The average molecular weight is 180 g/mol. The van der Waals surface area contributed by atoms with Gasteiger partial charge in [-0.1, -0.05) is 5.11 Å². The van der Waals surface area contributed by atoms with Crippen LogP contribution in [0.25, 0.3) is 26.4 Å². The fraction of sp³-hybridized carbons (Fsp3) is 0.667. The molecule has 8 nitrogen and oxygen atoms in total. The van der Waals surface area contributed by atoms with Gasteiger partial charge in [-0.3, -0.25) is 9.71 Å². The Labute approximate surface area is 89.9 Å². The predicted molar refractivity (Wildman–Crippen MR) is 36.3 cm³/mol. The first-order valence-corrected chi connectivity index (χ1v) is 2.35. The molecule has 0 aromatic rings. The topological polar surface area (TPSA) is 145 Å². The molecule has 0 fully saturated rings. The van der Waals surface area contributed by atoms with Gasteiger partial charge in [0.25, 0.3) is 0 Å². The summed E-state index contributed by atoms with van der Waals surface area (Å²) in [5.41, 5.74) is 21.2. The van der Waals surface area contributed by atoms with Crippen LogP contribution in [0.5, 0.6) is 0 Å². The minimum absolute atomic E-state index is 0. The van der Waals surface area contributed by atoms with Crippen LogP contribution < -0.4 is 29.6 Å². The zero-order chi connectivity index (χ0) is 9.28. The van der Waals surface area contributed by atoms with Gasteiger partial charge in [0, 0.05) is 4.91 Å². The predicted octanol–water partition coefficient (Wildman–Crippen LogP) is -1.36. The van der Waals surface area contributed by atoms with Crippen LogP contribution in [-0.4, -0.2) is 17.1 Å². The molecule has 0 aliphatic rings. The van der Waals surface area contributed by atoms with E-state index in [9.17, 15) is 4.79 Å².